The molecule has 0 bridgehead atoms. The summed E-state index contributed by atoms with van der Waals surface area (Å²) in [5.41, 5.74) is 0.454. The molecule has 0 fully saturated rings. The molecule has 0 unspecified atom stereocenters. The van der Waals surface area contributed by atoms with Crippen LogP contribution in [0, 0.1) is 0 Å². The third kappa shape index (κ3) is 2.00. The van der Waals surface area contributed by atoms with Gasteiger partial charge in [0.15, 0.2) is 11.5 Å². The first-order valence-corrected chi connectivity index (χ1v) is 5.87. The summed E-state index contributed by atoms with van der Waals surface area (Å²) < 4.78 is 16.5. The van der Waals surface area contributed by atoms with Crippen LogP contribution in [0.3, 0.4) is 0 Å². The molecule has 1 aliphatic heterocycles. The molecule has 1 aliphatic rings. The van der Waals surface area contributed by atoms with Gasteiger partial charge >= 0.3 is 5.97 Å². The lowest BCUT2D eigenvalue weighted by atomic mass is 9.41. The van der Waals surface area contributed by atoms with Crippen molar-refractivity contribution in [2.75, 3.05) is 7.11 Å². The minimum Gasteiger partial charge on any atom is -0.499 e. The third-order valence-corrected chi connectivity index (χ3v) is 3.54. The molecule has 18 heavy (non-hydrogen) atoms. The lowest BCUT2D eigenvalue weighted by Crippen LogP contribution is -2.65. The Morgan fingerprint density at radius 2 is 1.67 bits per heavy atom. The molecule has 1 aromatic rings. The van der Waals surface area contributed by atoms with Crippen molar-refractivity contribution in [3.8, 4) is 11.5 Å². The Hall–Kier alpha value is -1.45. The molecule has 2 rings (SSSR count). The van der Waals surface area contributed by atoms with Crippen molar-refractivity contribution in [2.24, 2.45) is 0 Å². The predicted molar refractivity (Wildman–Crippen MR) is 78.7 cm³/mol. The van der Waals surface area contributed by atoms with Crippen LogP contribution < -0.4 is 9.47 Å². The molecule has 0 radical (unpaired) electrons. The fraction of sp³-hybridized carbons (Fsp3) is 0.300. The van der Waals surface area contributed by atoms with E-state index >= 15 is 0 Å². The van der Waals surface area contributed by atoms with Crippen LogP contribution in [0.1, 0.15) is 10.4 Å². The van der Waals surface area contributed by atoms with Crippen LogP contribution in [0.4, 0.5) is 0 Å². The average Bonchev–Trinajstić information content (AvgIpc) is 2.28. The third-order valence-electron chi connectivity index (χ3n) is 3.54. The van der Waals surface area contributed by atoms with Gasteiger partial charge in [0.05, 0.1) is 23.5 Å². The largest absolute Gasteiger partial charge is 0.499 e. The Bertz CT molecular complexity index is 501. The van der Waals surface area contributed by atoms with Crippen molar-refractivity contribution in [3.05, 3.63) is 23.8 Å². The number of rotatable bonds is 1. The second kappa shape index (κ2) is 4.04. The van der Waals surface area contributed by atoms with Crippen LogP contribution in [-0.4, -0.2) is 55.3 Å². The topological polar surface area (TPSA) is 44.8 Å². The number of carbonyl (C=O) groups excluding carboxylic acids is 1. The maximum Gasteiger partial charge on any atom is 0.337 e. The molecule has 0 atom stereocenters. The van der Waals surface area contributed by atoms with E-state index < -0.39 is 10.8 Å². The minimum atomic E-state index is -0.477. The van der Waals surface area contributed by atoms with E-state index in [0.29, 0.717) is 17.1 Å². The van der Waals surface area contributed by atoms with Gasteiger partial charge in [-0.05, 0) is 18.2 Å². The minimum absolute atomic E-state index is 0.385. The van der Waals surface area contributed by atoms with Crippen molar-refractivity contribution in [2.45, 2.75) is 10.8 Å². The normalized spacial score (nSPS) is 18.9. The Labute approximate surface area is 110 Å². The highest BCUT2D eigenvalue weighted by Crippen LogP contribution is 2.39. The van der Waals surface area contributed by atoms with Crippen LogP contribution in [0.2, 0.25) is 0 Å². The zero-order valence-corrected chi connectivity index (χ0v) is 11.4. The quantitative estimate of drug-likeness (QED) is 0.390. The maximum absolute atomic E-state index is 11.5. The van der Waals surface area contributed by atoms with E-state index in [1.165, 1.54) is 7.11 Å². The molecule has 0 aromatic heterocycles. The SMILES string of the molecule is BC1(B)Oc2ccc(C(=O)OC)cc2OC1(B)B. The van der Waals surface area contributed by atoms with Gasteiger partial charge in [-0.1, -0.05) is 0 Å². The Balaban J connectivity index is 2.42. The molecular weight excluding hydrogens is 227 g/mol. The molecule has 4 nitrogen and oxygen atoms in total. The van der Waals surface area contributed by atoms with Gasteiger partial charge in [0, 0.05) is 0 Å². The van der Waals surface area contributed by atoms with Gasteiger partial charge in [0.2, 0.25) is 0 Å². The van der Waals surface area contributed by atoms with Crippen molar-refractivity contribution in [1.82, 2.24) is 0 Å². The summed E-state index contributed by atoms with van der Waals surface area (Å²) >= 11 is 0. The Morgan fingerprint density at radius 1 is 1.11 bits per heavy atom. The van der Waals surface area contributed by atoms with Crippen LogP contribution in [0.5, 0.6) is 11.5 Å². The summed E-state index contributed by atoms with van der Waals surface area (Å²) in [6.45, 7) is 0. The summed E-state index contributed by atoms with van der Waals surface area (Å²) in [5.74, 6) is 0.832. The van der Waals surface area contributed by atoms with Crippen LogP contribution in [0.15, 0.2) is 18.2 Å². The molecule has 0 saturated carbocycles. The first-order valence-electron chi connectivity index (χ1n) is 5.87. The number of carbonyl (C=O) groups is 1. The molecule has 0 amide bonds. The van der Waals surface area contributed by atoms with Crippen molar-refractivity contribution < 1.29 is 19.0 Å². The van der Waals surface area contributed by atoms with Gasteiger partial charge in [-0.3, -0.25) is 0 Å². The smallest absolute Gasteiger partial charge is 0.337 e. The lowest BCUT2D eigenvalue weighted by Gasteiger charge is -2.47. The van der Waals surface area contributed by atoms with Crippen molar-refractivity contribution in [3.63, 3.8) is 0 Å². The summed E-state index contributed by atoms with van der Waals surface area (Å²) in [5, 5.41) is -0.915. The Kier molecular flexibility index (Phi) is 2.92. The summed E-state index contributed by atoms with van der Waals surface area (Å²) in [6.07, 6.45) is 0. The Morgan fingerprint density at radius 3 is 2.22 bits per heavy atom. The first kappa shape index (κ1) is 13.0. The van der Waals surface area contributed by atoms with Crippen LogP contribution in [-0.2, 0) is 4.74 Å². The number of esters is 1. The van der Waals surface area contributed by atoms with Crippen LogP contribution >= 0.6 is 0 Å². The van der Waals surface area contributed by atoms with Crippen LogP contribution in [0.25, 0.3) is 0 Å². The fourth-order valence-electron chi connectivity index (χ4n) is 1.71. The number of hydrogen-bond acceptors (Lipinski definition) is 4. The fourth-order valence-corrected chi connectivity index (χ4v) is 1.71. The molecule has 8 heteroatoms. The standard InChI is InChI=1S/C10H14B4O4/c1-16-8(15)5-2-3-6-7(4-5)18-10(13,14)9(11,12)17-6/h2-4H,11-14H2,1H3. The van der Waals surface area contributed by atoms with E-state index in [1.54, 1.807) is 18.2 Å². The highest BCUT2D eigenvalue weighted by molar-refractivity contribution is 6.53. The molecule has 0 spiro atoms. The van der Waals surface area contributed by atoms with Gasteiger partial charge in [0.25, 0.3) is 0 Å². The zero-order valence-electron chi connectivity index (χ0n) is 11.4. The molecule has 0 N–H and O–H groups in total. The van der Waals surface area contributed by atoms with E-state index in [-0.39, 0.29) is 5.97 Å². The second-order valence-corrected chi connectivity index (χ2v) is 5.38. The highest BCUT2D eigenvalue weighted by Gasteiger charge is 2.44. The number of ether oxygens (including phenoxy) is 3. The van der Waals surface area contributed by atoms with E-state index in [9.17, 15) is 4.79 Å². The number of benzene rings is 1. The number of fused-ring (bicyclic) bond motifs is 1. The van der Waals surface area contributed by atoms with Gasteiger partial charge in [-0.15, -0.1) is 0 Å². The summed E-state index contributed by atoms with van der Waals surface area (Å²) in [4.78, 5) is 11.5. The molecule has 0 aliphatic carbocycles. The zero-order chi connectivity index (χ0) is 13.6. The monoisotopic (exact) mass is 242 g/mol. The van der Waals surface area contributed by atoms with E-state index in [0.717, 1.165) is 0 Å². The molecule has 90 valence electrons. The molecule has 1 aromatic carbocycles. The number of methoxy groups -OCH3 is 1. The van der Waals surface area contributed by atoms with Gasteiger partial charge < -0.3 is 14.2 Å². The molecular formula is C10H14B4O4. The van der Waals surface area contributed by atoms with Crippen molar-refractivity contribution >= 4 is 37.4 Å². The average molecular weight is 241 g/mol. The number of hydrogen-bond donors (Lipinski definition) is 0. The van der Waals surface area contributed by atoms with Gasteiger partial charge in [-0.25, -0.2) is 4.79 Å². The summed E-state index contributed by atoms with van der Waals surface area (Å²) in [7, 11) is 9.22. The van der Waals surface area contributed by atoms with E-state index in [4.69, 9.17) is 9.47 Å². The first-order chi connectivity index (χ1) is 8.27. The summed E-state index contributed by atoms with van der Waals surface area (Å²) in [6, 6.07) is 5.05. The maximum atomic E-state index is 11.5. The predicted octanol–water partition coefficient (Wildman–Crippen LogP) is -2.92. The van der Waals surface area contributed by atoms with Gasteiger partial charge in [0.1, 0.15) is 31.4 Å². The van der Waals surface area contributed by atoms with E-state index in [2.05, 4.69) is 4.74 Å². The lowest BCUT2D eigenvalue weighted by molar-refractivity contribution is 0.0574. The van der Waals surface area contributed by atoms with E-state index in [1.807, 2.05) is 31.4 Å². The van der Waals surface area contributed by atoms with Gasteiger partial charge in [-0.2, -0.15) is 0 Å². The van der Waals surface area contributed by atoms with Crippen molar-refractivity contribution in [1.29, 1.82) is 0 Å². The molecule has 1 heterocycles. The highest BCUT2D eigenvalue weighted by atomic mass is 16.6. The molecule has 0 saturated heterocycles. The second-order valence-electron chi connectivity index (χ2n) is 5.38.